The van der Waals surface area contributed by atoms with Crippen LogP contribution in [0.15, 0.2) is 88.2 Å². The van der Waals surface area contributed by atoms with E-state index in [-0.39, 0.29) is 10.6 Å². The molecule has 0 heterocycles. The molecule has 3 aromatic carbocycles. The van der Waals surface area contributed by atoms with Crippen molar-refractivity contribution in [3.05, 3.63) is 105 Å². The summed E-state index contributed by atoms with van der Waals surface area (Å²) in [4.78, 5) is 10.5. The second-order valence-corrected chi connectivity index (χ2v) is 8.40. The third kappa shape index (κ3) is 4.60. The minimum Gasteiger partial charge on any atom is -0.258 e. The van der Waals surface area contributed by atoms with E-state index in [4.69, 9.17) is 0 Å². The molecule has 3 aromatic rings. The zero-order valence-electron chi connectivity index (χ0n) is 13.9. The number of rotatable bonds is 6. The molecule has 0 aromatic heterocycles. The predicted octanol–water partition coefficient (Wildman–Crippen LogP) is 4.43. The number of nitro benzene ring substituents is 1. The van der Waals surface area contributed by atoms with Crippen LogP contribution in [0.2, 0.25) is 0 Å². The Kier molecular flexibility index (Phi) is 5.69. The summed E-state index contributed by atoms with van der Waals surface area (Å²) in [6, 6.07) is 20.5. The van der Waals surface area contributed by atoms with E-state index < -0.39 is 21.0 Å². The van der Waals surface area contributed by atoms with E-state index in [9.17, 15) is 18.5 Å². The highest BCUT2D eigenvalue weighted by molar-refractivity contribution is 9.10. The maximum Gasteiger partial charge on any atom is 0.269 e. The molecule has 0 aliphatic rings. The van der Waals surface area contributed by atoms with Crippen molar-refractivity contribution in [2.45, 2.75) is 10.9 Å². The van der Waals surface area contributed by atoms with Gasteiger partial charge in [-0.3, -0.25) is 10.1 Å². The molecule has 0 bridgehead atoms. The van der Waals surface area contributed by atoms with Crippen LogP contribution >= 0.6 is 15.9 Å². The van der Waals surface area contributed by atoms with Crippen molar-refractivity contribution in [1.29, 1.82) is 0 Å². The third-order valence-corrected chi connectivity index (χ3v) is 5.93. The number of nitro groups is 1. The second-order valence-electron chi connectivity index (χ2n) is 5.77. The molecule has 8 heteroatoms. The zero-order valence-corrected chi connectivity index (χ0v) is 16.4. The summed E-state index contributed by atoms with van der Waals surface area (Å²) in [5.74, 6) is 0. The van der Waals surface area contributed by atoms with Gasteiger partial charge in [0.25, 0.3) is 5.69 Å². The fourth-order valence-electron chi connectivity index (χ4n) is 2.60. The highest BCUT2D eigenvalue weighted by atomic mass is 79.9. The summed E-state index contributed by atoms with van der Waals surface area (Å²) in [5.41, 5.74) is 1.28. The Hall–Kier alpha value is -2.55. The fraction of sp³-hybridized carbons (Fsp3) is 0.0526. The Morgan fingerprint density at radius 2 is 1.41 bits per heavy atom. The first-order valence-electron chi connectivity index (χ1n) is 7.94. The molecule has 1 N–H and O–H groups in total. The number of halogens is 1. The molecular weight excluding hydrogens is 432 g/mol. The average Bonchev–Trinajstić information content (AvgIpc) is 2.67. The molecular formula is C19H15BrN2O4S. The zero-order chi connectivity index (χ0) is 19.4. The molecule has 3 rings (SSSR count). The SMILES string of the molecule is O=[N+]([O-])c1ccc(C(NS(=O)(=O)c2ccc(Br)cc2)c2ccccc2)cc1. The molecule has 0 fully saturated rings. The Morgan fingerprint density at radius 1 is 0.852 bits per heavy atom. The maximum absolute atomic E-state index is 12.8. The molecule has 6 nitrogen and oxygen atoms in total. The largest absolute Gasteiger partial charge is 0.269 e. The van der Waals surface area contributed by atoms with Crippen LogP contribution in [0.1, 0.15) is 17.2 Å². The van der Waals surface area contributed by atoms with Gasteiger partial charge in [-0.25, -0.2) is 8.42 Å². The molecule has 0 aliphatic heterocycles. The second kappa shape index (κ2) is 7.99. The van der Waals surface area contributed by atoms with E-state index in [0.29, 0.717) is 5.56 Å². The third-order valence-electron chi connectivity index (χ3n) is 3.97. The fourth-order valence-corrected chi connectivity index (χ4v) is 4.08. The van der Waals surface area contributed by atoms with E-state index in [1.807, 2.05) is 18.2 Å². The minimum atomic E-state index is -3.80. The van der Waals surface area contributed by atoms with Crippen molar-refractivity contribution in [1.82, 2.24) is 4.72 Å². The highest BCUT2D eigenvalue weighted by Gasteiger charge is 2.23. The lowest BCUT2D eigenvalue weighted by Gasteiger charge is -2.20. The van der Waals surface area contributed by atoms with Crippen molar-refractivity contribution in [2.24, 2.45) is 0 Å². The van der Waals surface area contributed by atoms with E-state index in [1.165, 1.54) is 24.3 Å². The summed E-state index contributed by atoms with van der Waals surface area (Å²) >= 11 is 3.28. The Morgan fingerprint density at radius 3 is 1.96 bits per heavy atom. The first kappa shape index (κ1) is 19.2. The van der Waals surface area contributed by atoms with Crippen molar-refractivity contribution >= 4 is 31.6 Å². The Bertz CT molecular complexity index is 1040. The average molecular weight is 447 g/mol. The van der Waals surface area contributed by atoms with Gasteiger partial charge in [-0.15, -0.1) is 0 Å². The first-order chi connectivity index (χ1) is 12.9. The number of nitrogens with one attached hydrogen (secondary N) is 1. The number of benzene rings is 3. The van der Waals surface area contributed by atoms with E-state index in [2.05, 4.69) is 20.7 Å². The lowest BCUT2D eigenvalue weighted by atomic mass is 9.99. The Labute approximate surface area is 165 Å². The molecule has 138 valence electrons. The van der Waals surface area contributed by atoms with Gasteiger partial charge < -0.3 is 0 Å². The maximum atomic E-state index is 12.8. The van der Waals surface area contributed by atoms with Gasteiger partial charge in [0, 0.05) is 16.6 Å². The topological polar surface area (TPSA) is 89.3 Å². The van der Waals surface area contributed by atoms with Crippen LogP contribution in [0.5, 0.6) is 0 Å². The van der Waals surface area contributed by atoms with Crippen LogP contribution < -0.4 is 4.72 Å². The smallest absolute Gasteiger partial charge is 0.258 e. The molecule has 0 saturated heterocycles. The number of hydrogen-bond donors (Lipinski definition) is 1. The number of sulfonamides is 1. The van der Waals surface area contributed by atoms with Crippen molar-refractivity contribution < 1.29 is 13.3 Å². The van der Waals surface area contributed by atoms with Crippen LogP contribution in [-0.4, -0.2) is 13.3 Å². The molecule has 0 aliphatic carbocycles. The molecule has 0 spiro atoms. The Balaban J connectivity index is 2.00. The summed E-state index contributed by atoms with van der Waals surface area (Å²) in [7, 11) is -3.80. The van der Waals surface area contributed by atoms with Gasteiger partial charge >= 0.3 is 0 Å². The van der Waals surface area contributed by atoms with E-state index in [0.717, 1.165) is 10.0 Å². The normalized spacial score (nSPS) is 12.5. The molecule has 1 unspecified atom stereocenters. The van der Waals surface area contributed by atoms with Gasteiger partial charge in [0.15, 0.2) is 0 Å². The quantitative estimate of drug-likeness (QED) is 0.448. The van der Waals surface area contributed by atoms with Crippen LogP contribution in [0.25, 0.3) is 0 Å². The van der Waals surface area contributed by atoms with Gasteiger partial charge in [-0.2, -0.15) is 4.72 Å². The number of non-ortho nitro benzene ring substituents is 1. The summed E-state index contributed by atoms with van der Waals surface area (Å²) in [5, 5.41) is 10.9. The summed E-state index contributed by atoms with van der Waals surface area (Å²) in [6.07, 6.45) is 0. The molecule has 0 radical (unpaired) electrons. The lowest BCUT2D eigenvalue weighted by molar-refractivity contribution is -0.384. The molecule has 0 saturated carbocycles. The van der Waals surface area contributed by atoms with Crippen molar-refractivity contribution in [3.8, 4) is 0 Å². The standard InChI is InChI=1S/C19H15BrN2O4S/c20-16-8-12-18(13-9-16)27(25,26)21-19(14-4-2-1-3-5-14)15-6-10-17(11-7-15)22(23)24/h1-13,19,21H. The lowest BCUT2D eigenvalue weighted by Crippen LogP contribution is -2.29. The van der Waals surface area contributed by atoms with Crippen LogP contribution in [0.3, 0.4) is 0 Å². The predicted molar refractivity (Wildman–Crippen MR) is 106 cm³/mol. The van der Waals surface area contributed by atoms with Gasteiger partial charge in [-0.1, -0.05) is 58.4 Å². The molecule has 1 atom stereocenters. The minimum absolute atomic E-state index is 0.0543. The van der Waals surface area contributed by atoms with Crippen molar-refractivity contribution in [3.63, 3.8) is 0 Å². The van der Waals surface area contributed by atoms with Gasteiger partial charge in [0.2, 0.25) is 10.0 Å². The molecule has 27 heavy (non-hydrogen) atoms. The van der Waals surface area contributed by atoms with Crippen LogP contribution in [0, 0.1) is 10.1 Å². The van der Waals surface area contributed by atoms with E-state index >= 15 is 0 Å². The van der Waals surface area contributed by atoms with Crippen LogP contribution in [-0.2, 0) is 10.0 Å². The first-order valence-corrected chi connectivity index (χ1v) is 10.2. The highest BCUT2D eigenvalue weighted by Crippen LogP contribution is 2.26. The monoisotopic (exact) mass is 446 g/mol. The number of nitrogens with zero attached hydrogens (tertiary/aromatic N) is 1. The van der Waals surface area contributed by atoms with Crippen LogP contribution in [0.4, 0.5) is 5.69 Å². The number of hydrogen-bond acceptors (Lipinski definition) is 4. The van der Waals surface area contributed by atoms with Gasteiger partial charge in [0.1, 0.15) is 0 Å². The summed E-state index contributed by atoms with van der Waals surface area (Å²) in [6.45, 7) is 0. The summed E-state index contributed by atoms with van der Waals surface area (Å²) < 4.78 is 29.2. The molecule has 0 amide bonds. The van der Waals surface area contributed by atoms with E-state index in [1.54, 1.807) is 36.4 Å². The van der Waals surface area contributed by atoms with Crippen molar-refractivity contribution in [2.75, 3.05) is 0 Å². The van der Waals surface area contributed by atoms with Gasteiger partial charge in [-0.05, 0) is 35.4 Å². The van der Waals surface area contributed by atoms with Gasteiger partial charge in [0.05, 0.1) is 15.9 Å².